The number of hydrazine groups is 1. The van der Waals surface area contributed by atoms with Crippen LogP contribution in [0.15, 0.2) is 10.3 Å². The van der Waals surface area contributed by atoms with Crippen molar-refractivity contribution < 1.29 is 13.3 Å². The van der Waals surface area contributed by atoms with Gasteiger partial charge >= 0.3 is 5.69 Å². The predicted octanol–water partition coefficient (Wildman–Crippen LogP) is 1.41. The SMILES string of the molecule is CCC(CC)NS(=O)(=O)c1cc([N+](=O)[O-])c(NN)s1. The quantitative estimate of drug-likeness (QED) is 0.397. The third-order valence-electron chi connectivity index (χ3n) is 2.59. The van der Waals surface area contributed by atoms with Crippen LogP contribution in [0.1, 0.15) is 26.7 Å². The van der Waals surface area contributed by atoms with E-state index in [1.807, 2.05) is 13.8 Å². The largest absolute Gasteiger partial charge is 0.310 e. The number of sulfonamides is 1. The van der Waals surface area contributed by atoms with Crippen molar-refractivity contribution in [2.24, 2.45) is 5.84 Å². The van der Waals surface area contributed by atoms with Crippen LogP contribution in [0.5, 0.6) is 0 Å². The monoisotopic (exact) mass is 308 g/mol. The van der Waals surface area contributed by atoms with E-state index in [-0.39, 0.29) is 20.9 Å². The van der Waals surface area contributed by atoms with Gasteiger partial charge in [0.15, 0.2) is 5.00 Å². The first-order valence-corrected chi connectivity index (χ1v) is 7.92. The minimum absolute atomic E-state index is 0.00919. The van der Waals surface area contributed by atoms with Gasteiger partial charge in [0.2, 0.25) is 0 Å². The maximum Gasteiger partial charge on any atom is 0.306 e. The Labute approximate surface area is 115 Å². The number of nitrogens with one attached hydrogen (secondary N) is 2. The number of nitrogens with two attached hydrogens (primary N) is 1. The standard InChI is InChI=1S/C9H16N4O4S2/c1-3-6(4-2)12-19(16,17)8-5-7(13(14)15)9(11-10)18-8/h5-6,11-12H,3-4,10H2,1-2H3. The lowest BCUT2D eigenvalue weighted by Gasteiger charge is -2.13. The number of hydrogen-bond donors (Lipinski definition) is 3. The minimum Gasteiger partial charge on any atom is -0.310 e. The third kappa shape index (κ3) is 3.62. The number of anilines is 1. The molecular formula is C9H16N4O4S2. The summed E-state index contributed by atoms with van der Waals surface area (Å²) >= 11 is 0.729. The van der Waals surface area contributed by atoms with Crippen molar-refractivity contribution in [3.63, 3.8) is 0 Å². The highest BCUT2D eigenvalue weighted by molar-refractivity contribution is 7.91. The molecule has 1 aromatic heterocycles. The van der Waals surface area contributed by atoms with Crippen molar-refractivity contribution >= 4 is 32.0 Å². The Bertz CT molecular complexity index is 551. The Kier molecular flexibility index (Phi) is 5.23. The zero-order chi connectivity index (χ0) is 14.6. The summed E-state index contributed by atoms with van der Waals surface area (Å²) in [5.41, 5.74) is 1.79. The van der Waals surface area contributed by atoms with Crippen LogP contribution in [-0.4, -0.2) is 19.4 Å². The molecule has 108 valence electrons. The van der Waals surface area contributed by atoms with E-state index in [9.17, 15) is 18.5 Å². The first-order valence-electron chi connectivity index (χ1n) is 5.62. The van der Waals surface area contributed by atoms with E-state index in [1.165, 1.54) is 0 Å². The summed E-state index contributed by atoms with van der Waals surface area (Å²) in [5.74, 6) is 5.14. The molecule has 1 rings (SSSR count). The molecule has 0 fully saturated rings. The topological polar surface area (TPSA) is 127 Å². The highest BCUT2D eigenvalue weighted by Gasteiger charge is 2.27. The van der Waals surface area contributed by atoms with E-state index >= 15 is 0 Å². The molecule has 0 aliphatic heterocycles. The van der Waals surface area contributed by atoms with E-state index in [2.05, 4.69) is 10.1 Å². The molecule has 0 aliphatic rings. The summed E-state index contributed by atoms with van der Waals surface area (Å²) in [4.78, 5) is 10.1. The molecule has 1 aromatic rings. The van der Waals surface area contributed by atoms with Gasteiger partial charge in [0.1, 0.15) is 4.21 Å². The number of nitrogens with zero attached hydrogens (tertiary/aromatic N) is 1. The highest BCUT2D eigenvalue weighted by atomic mass is 32.2. The van der Waals surface area contributed by atoms with E-state index in [4.69, 9.17) is 5.84 Å². The highest BCUT2D eigenvalue weighted by Crippen LogP contribution is 2.36. The van der Waals surface area contributed by atoms with Gasteiger partial charge < -0.3 is 5.43 Å². The third-order valence-corrected chi connectivity index (χ3v) is 5.64. The zero-order valence-corrected chi connectivity index (χ0v) is 12.2. The summed E-state index contributed by atoms with van der Waals surface area (Å²) in [6.07, 6.45) is 1.29. The normalized spacial score (nSPS) is 11.8. The molecule has 0 aliphatic carbocycles. The Morgan fingerprint density at radius 3 is 2.42 bits per heavy atom. The van der Waals surface area contributed by atoms with E-state index < -0.39 is 14.9 Å². The molecule has 0 unspecified atom stereocenters. The molecule has 0 bridgehead atoms. The maximum absolute atomic E-state index is 12.1. The lowest BCUT2D eigenvalue weighted by Crippen LogP contribution is -2.33. The summed E-state index contributed by atoms with van der Waals surface area (Å²) < 4.78 is 26.5. The summed E-state index contributed by atoms with van der Waals surface area (Å²) in [6, 6.07) is 0.811. The number of nitrogen functional groups attached to an aromatic ring is 1. The molecule has 0 atom stereocenters. The average molecular weight is 308 g/mol. The van der Waals surface area contributed by atoms with Gasteiger partial charge in [-0.25, -0.2) is 19.0 Å². The van der Waals surface area contributed by atoms with E-state index in [0.717, 1.165) is 17.4 Å². The molecule has 0 spiro atoms. The molecule has 0 amide bonds. The van der Waals surface area contributed by atoms with Crippen LogP contribution >= 0.6 is 11.3 Å². The van der Waals surface area contributed by atoms with Gasteiger partial charge in [0, 0.05) is 12.1 Å². The number of rotatable bonds is 7. The van der Waals surface area contributed by atoms with Crippen molar-refractivity contribution in [3.05, 3.63) is 16.2 Å². The van der Waals surface area contributed by atoms with Gasteiger partial charge in [-0.3, -0.25) is 10.1 Å². The second-order valence-electron chi connectivity index (χ2n) is 3.82. The average Bonchev–Trinajstić information content (AvgIpc) is 2.81. The minimum atomic E-state index is -3.76. The maximum atomic E-state index is 12.1. The summed E-state index contributed by atoms with van der Waals surface area (Å²) in [5, 5.41) is 10.8. The molecule has 0 saturated heterocycles. The van der Waals surface area contributed by atoms with Crippen LogP contribution < -0.4 is 16.0 Å². The van der Waals surface area contributed by atoms with Gasteiger partial charge in [-0.15, -0.1) is 0 Å². The summed E-state index contributed by atoms with van der Waals surface area (Å²) in [7, 11) is -3.76. The van der Waals surface area contributed by atoms with Crippen LogP contribution in [0.2, 0.25) is 0 Å². The molecule has 0 saturated carbocycles. The van der Waals surface area contributed by atoms with Crippen molar-refractivity contribution in [1.29, 1.82) is 0 Å². The lowest BCUT2D eigenvalue weighted by atomic mass is 10.2. The van der Waals surface area contributed by atoms with Gasteiger partial charge in [-0.2, -0.15) is 0 Å². The van der Waals surface area contributed by atoms with Crippen molar-refractivity contribution in [3.8, 4) is 0 Å². The Morgan fingerprint density at radius 1 is 1.47 bits per heavy atom. The molecule has 0 aromatic carbocycles. The van der Waals surface area contributed by atoms with Crippen LogP contribution in [0, 0.1) is 10.1 Å². The molecular weight excluding hydrogens is 292 g/mol. The predicted molar refractivity (Wildman–Crippen MR) is 73.5 cm³/mol. The lowest BCUT2D eigenvalue weighted by molar-refractivity contribution is -0.383. The van der Waals surface area contributed by atoms with Crippen LogP contribution in [0.4, 0.5) is 10.7 Å². The second kappa shape index (κ2) is 6.28. The van der Waals surface area contributed by atoms with Crippen LogP contribution in [-0.2, 0) is 10.0 Å². The molecule has 10 heteroatoms. The van der Waals surface area contributed by atoms with E-state index in [1.54, 1.807) is 0 Å². The van der Waals surface area contributed by atoms with Crippen molar-refractivity contribution in [1.82, 2.24) is 4.72 Å². The first-order chi connectivity index (χ1) is 8.85. The van der Waals surface area contributed by atoms with E-state index in [0.29, 0.717) is 12.8 Å². The van der Waals surface area contributed by atoms with Crippen LogP contribution in [0.3, 0.4) is 0 Å². The first kappa shape index (κ1) is 15.8. The molecule has 4 N–H and O–H groups in total. The number of hydrogen-bond acceptors (Lipinski definition) is 7. The smallest absolute Gasteiger partial charge is 0.306 e. The zero-order valence-electron chi connectivity index (χ0n) is 10.5. The molecule has 8 nitrogen and oxygen atoms in total. The number of nitro groups is 1. The van der Waals surface area contributed by atoms with Gasteiger partial charge in [-0.05, 0) is 12.8 Å². The Hall–Kier alpha value is -1.23. The molecule has 19 heavy (non-hydrogen) atoms. The fourth-order valence-corrected chi connectivity index (χ4v) is 4.12. The Balaban J connectivity index is 3.12. The van der Waals surface area contributed by atoms with Gasteiger partial charge in [0.05, 0.1) is 4.92 Å². The van der Waals surface area contributed by atoms with Gasteiger partial charge in [-0.1, -0.05) is 25.2 Å². The number of thiophene rings is 1. The summed E-state index contributed by atoms with van der Waals surface area (Å²) in [6.45, 7) is 3.72. The molecule has 0 radical (unpaired) electrons. The van der Waals surface area contributed by atoms with Crippen LogP contribution in [0.25, 0.3) is 0 Å². The van der Waals surface area contributed by atoms with Gasteiger partial charge in [0.25, 0.3) is 10.0 Å². The molecule has 1 heterocycles. The second-order valence-corrected chi connectivity index (χ2v) is 6.81. The fraction of sp³-hybridized carbons (Fsp3) is 0.556. The fourth-order valence-electron chi connectivity index (χ4n) is 1.46. The van der Waals surface area contributed by atoms with Crippen molar-refractivity contribution in [2.45, 2.75) is 36.9 Å². The Morgan fingerprint density at radius 2 is 2.05 bits per heavy atom. The van der Waals surface area contributed by atoms with Crippen molar-refractivity contribution in [2.75, 3.05) is 5.43 Å².